The molecule has 0 spiro atoms. The maximum Gasteiger partial charge on any atom is 0.119 e. The first-order chi connectivity index (χ1) is 6.63. The van der Waals surface area contributed by atoms with Gasteiger partial charge in [0.25, 0.3) is 0 Å². The molecule has 0 saturated heterocycles. The van der Waals surface area contributed by atoms with Gasteiger partial charge in [0.05, 0.1) is 6.10 Å². The summed E-state index contributed by atoms with van der Waals surface area (Å²) < 4.78 is 5.66. The van der Waals surface area contributed by atoms with E-state index in [4.69, 9.17) is 10.5 Å². The Bertz CT molecular complexity index is 266. The molecule has 2 nitrogen and oxygen atoms in total. The zero-order valence-corrected chi connectivity index (χ0v) is 9.16. The number of nitrogens with two attached hydrogens (primary N) is 1. The van der Waals surface area contributed by atoms with E-state index in [2.05, 4.69) is 13.8 Å². The second-order valence-electron chi connectivity index (χ2n) is 3.69. The molecule has 0 radical (unpaired) electrons. The van der Waals surface area contributed by atoms with E-state index < -0.39 is 0 Å². The van der Waals surface area contributed by atoms with Crippen LogP contribution in [0, 0.1) is 0 Å². The van der Waals surface area contributed by atoms with Crippen LogP contribution in [-0.2, 0) is 0 Å². The van der Waals surface area contributed by atoms with Crippen molar-refractivity contribution in [1.29, 1.82) is 0 Å². The molecule has 0 heterocycles. The van der Waals surface area contributed by atoms with Crippen LogP contribution in [0.1, 0.15) is 38.8 Å². The molecule has 0 amide bonds. The highest BCUT2D eigenvalue weighted by Crippen LogP contribution is 2.17. The van der Waals surface area contributed by atoms with Crippen LogP contribution in [0.25, 0.3) is 0 Å². The fraction of sp³-hybridized carbons (Fsp3) is 0.500. The largest absolute Gasteiger partial charge is 0.491 e. The average Bonchev–Trinajstić information content (AvgIpc) is 2.18. The van der Waals surface area contributed by atoms with Crippen molar-refractivity contribution in [3.63, 3.8) is 0 Å². The quantitative estimate of drug-likeness (QED) is 0.798. The van der Waals surface area contributed by atoms with Crippen LogP contribution in [0.5, 0.6) is 5.75 Å². The molecule has 2 heteroatoms. The Balaban J connectivity index is 2.64. The standard InChI is InChI=1S/C12H19NO/c1-4-9(2)14-12-7-5-11(6-8-12)10(3)13/h5-10H,4,13H2,1-3H3/t9?,10-/m1/s1. The highest BCUT2D eigenvalue weighted by atomic mass is 16.5. The molecule has 1 aromatic rings. The van der Waals surface area contributed by atoms with Gasteiger partial charge >= 0.3 is 0 Å². The van der Waals surface area contributed by atoms with Gasteiger partial charge in [0.1, 0.15) is 5.75 Å². The minimum Gasteiger partial charge on any atom is -0.491 e. The van der Waals surface area contributed by atoms with Gasteiger partial charge in [0, 0.05) is 6.04 Å². The van der Waals surface area contributed by atoms with Crippen LogP contribution >= 0.6 is 0 Å². The predicted octanol–water partition coefficient (Wildman–Crippen LogP) is 2.88. The Morgan fingerprint density at radius 2 is 1.79 bits per heavy atom. The van der Waals surface area contributed by atoms with Crippen LogP contribution in [0.2, 0.25) is 0 Å². The van der Waals surface area contributed by atoms with Crippen molar-refractivity contribution in [2.75, 3.05) is 0 Å². The first-order valence-corrected chi connectivity index (χ1v) is 5.15. The molecule has 2 N–H and O–H groups in total. The van der Waals surface area contributed by atoms with Crippen molar-refractivity contribution >= 4 is 0 Å². The van der Waals surface area contributed by atoms with Gasteiger partial charge in [-0.2, -0.15) is 0 Å². The summed E-state index contributed by atoms with van der Waals surface area (Å²) in [6.45, 7) is 6.16. The SMILES string of the molecule is CCC(C)Oc1ccc([C@@H](C)N)cc1. The number of hydrogen-bond donors (Lipinski definition) is 1. The zero-order chi connectivity index (χ0) is 10.6. The molecule has 1 aromatic carbocycles. The molecular formula is C12H19NO. The van der Waals surface area contributed by atoms with Gasteiger partial charge in [-0.1, -0.05) is 19.1 Å². The molecule has 0 bridgehead atoms. The lowest BCUT2D eigenvalue weighted by molar-refractivity contribution is 0.217. The molecule has 0 fully saturated rings. The van der Waals surface area contributed by atoms with Gasteiger partial charge < -0.3 is 10.5 Å². The first kappa shape index (κ1) is 11.1. The lowest BCUT2D eigenvalue weighted by Crippen LogP contribution is -2.10. The van der Waals surface area contributed by atoms with Crippen molar-refractivity contribution in [1.82, 2.24) is 0 Å². The molecule has 14 heavy (non-hydrogen) atoms. The fourth-order valence-corrected chi connectivity index (χ4v) is 1.17. The van der Waals surface area contributed by atoms with Gasteiger partial charge in [-0.25, -0.2) is 0 Å². The van der Waals surface area contributed by atoms with E-state index in [1.807, 2.05) is 31.2 Å². The predicted molar refractivity (Wildman–Crippen MR) is 59.4 cm³/mol. The monoisotopic (exact) mass is 193 g/mol. The Morgan fingerprint density at radius 3 is 2.21 bits per heavy atom. The zero-order valence-electron chi connectivity index (χ0n) is 9.16. The normalized spacial score (nSPS) is 14.9. The van der Waals surface area contributed by atoms with E-state index >= 15 is 0 Å². The van der Waals surface area contributed by atoms with Gasteiger partial charge in [0.15, 0.2) is 0 Å². The van der Waals surface area contributed by atoms with Gasteiger partial charge in [-0.3, -0.25) is 0 Å². The summed E-state index contributed by atoms with van der Waals surface area (Å²) in [5.41, 5.74) is 6.89. The summed E-state index contributed by atoms with van der Waals surface area (Å²) in [6, 6.07) is 8.08. The Kier molecular flexibility index (Phi) is 3.96. The molecule has 78 valence electrons. The summed E-state index contributed by atoms with van der Waals surface area (Å²) in [6.07, 6.45) is 1.30. The van der Waals surface area contributed by atoms with Crippen molar-refractivity contribution in [3.05, 3.63) is 29.8 Å². The Morgan fingerprint density at radius 1 is 1.21 bits per heavy atom. The van der Waals surface area contributed by atoms with Crippen LogP contribution in [-0.4, -0.2) is 6.10 Å². The highest BCUT2D eigenvalue weighted by molar-refractivity contribution is 5.28. The molecular weight excluding hydrogens is 174 g/mol. The number of rotatable bonds is 4. The van der Waals surface area contributed by atoms with Crippen LogP contribution in [0.15, 0.2) is 24.3 Å². The topological polar surface area (TPSA) is 35.2 Å². The second-order valence-corrected chi connectivity index (χ2v) is 3.69. The lowest BCUT2D eigenvalue weighted by atomic mass is 10.1. The maximum atomic E-state index is 5.75. The summed E-state index contributed by atoms with van der Waals surface area (Å²) in [5.74, 6) is 0.920. The fourth-order valence-electron chi connectivity index (χ4n) is 1.17. The molecule has 0 aliphatic rings. The summed E-state index contributed by atoms with van der Waals surface area (Å²) in [5, 5.41) is 0. The number of ether oxygens (including phenoxy) is 1. The third kappa shape index (κ3) is 3.04. The van der Waals surface area contributed by atoms with Gasteiger partial charge in [0.2, 0.25) is 0 Å². The molecule has 1 unspecified atom stereocenters. The Labute approximate surface area is 86.1 Å². The first-order valence-electron chi connectivity index (χ1n) is 5.15. The van der Waals surface area contributed by atoms with Crippen molar-refractivity contribution < 1.29 is 4.74 Å². The molecule has 0 aliphatic heterocycles. The summed E-state index contributed by atoms with van der Waals surface area (Å²) in [4.78, 5) is 0. The number of benzene rings is 1. The smallest absolute Gasteiger partial charge is 0.119 e. The van der Waals surface area contributed by atoms with E-state index in [0.29, 0.717) is 0 Å². The minimum absolute atomic E-state index is 0.0904. The highest BCUT2D eigenvalue weighted by Gasteiger charge is 2.02. The van der Waals surface area contributed by atoms with Crippen LogP contribution < -0.4 is 10.5 Å². The second kappa shape index (κ2) is 5.01. The van der Waals surface area contributed by atoms with Crippen molar-refractivity contribution in [2.24, 2.45) is 5.73 Å². The van der Waals surface area contributed by atoms with E-state index in [-0.39, 0.29) is 12.1 Å². The van der Waals surface area contributed by atoms with Crippen LogP contribution in [0.3, 0.4) is 0 Å². The molecule has 2 atom stereocenters. The van der Waals surface area contributed by atoms with Gasteiger partial charge in [-0.05, 0) is 38.0 Å². The molecule has 0 aliphatic carbocycles. The van der Waals surface area contributed by atoms with E-state index in [1.165, 1.54) is 0 Å². The summed E-state index contributed by atoms with van der Waals surface area (Å²) >= 11 is 0. The molecule has 0 saturated carbocycles. The summed E-state index contributed by atoms with van der Waals surface area (Å²) in [7, 11) is 0. The van der Waals surface area contributed by atoms with Crippen molar-refractivity contribution in [3.8, 4) is 5.75 Å². The Hall–Kier alpha value is -1.02. The third-order valence-electron chi connectivity index (χ3n) is 2.32. The van der Waals surface area contributed by atoms with Crippen LogP contribution in [0.4, 0.5) is 0 Å². The average molecular weight is 193 g/mol. The van der Waals surface area contributed by atoms with E-state index in [9.17, 15) is 0 Å². The minimum atomic E-state index is 0.0904. The maximum absolute atomic E-state index is 5.75. The third-order valence-corrected chi connectivity index (χ3v) is 2.32. The molecule has 1 rings (SSSR count). The lowest BCUT2D eigenvalue weighted by Gasteiger charge is -2.13. The number of hydrogen-bond acceptors (Lipinski definition) is 2. The molecule has 0 aromatic heterocycles. The van der Waals surface area contributed by atoms with E-state index in [0.717, 1.165) is 17.7 Å². The van der Waals surface area contributed by atoms with Crippen molar-refractivity contribution in [2.45, 2.75) is 39.3 Å². The van der Waals surface area contributed by atoms with Gasteiger partial charge in [-0.15, -0.1) is 0 Å². The van der Waals surface area contributed by atoms with E-state index in [1.54, 1.807) is 0 Å².